The molecule has 0 aromatic heterocycles. The molecule has 0 aliphatic heterocycles. The van der Waals surface area contributed by atoms with E-state index in [9.17, 15) is 0 Å². The Hall–Kier alpha value is -0.700. The number of nitrogens with one attached hydrogen (secondary N) is 1. The Morgan fingerprint density at radius 2 is 1.76 bits per heavy atom. The van der Waals surface area contributed by atoms with Crippen LogP contribution in [0.4, 0.5) is 11.4 Å². The molecule has 21 heavy (non-hydrogen) atoms. The van der Waals surface area contributed by atoms with Crippen LogP contribution in [0.2, 0.25) is 0 Å². The first-order valence-electron chi connectivity index (χ1n) is 8.12. The Kier molecular flexibility index (Phi) is 2.78. The van der Waals surface area contributed by atoms with Gasteiger partial charge in [-0.15, -0.1) is 0 Å². The van der Waals surface area contributed by atoms with E-state index in [0.717, 1.165) is 16.1 Å². The van der Waals surface area contributed by atoms with Gasteiger partial charge in [0.05, 0.1) is 0 Å². The molecule has 4 bridgehead atoms. The van der Waals surface area contributed by atoms with Gasteiger partial charge in [0.15, 0.2) is 0 Å². The SMILES string of the molecule is CC12CC3CC(C)(C1)CC(Nc1ccc(N)cc1Br)(C3)C2. The van der Waals surface area contributed by atoms with Crippen LogP contribution in [0.25, 0.3) is 0 Å². The molecule has 3 N–H and O–H groups in total. The molecule has 0 spiro atoms. The maximum Gasteiger partial charge on any atom is 0.0490 e. The van der Waals surface area contributed by atoms with Crippen molar-refractivity contribution in [2.45, 2.75) is 57.9 Å². The minimum absolute atomic E-state index is 0.293. The molecule has 0 saturated heterocycles. The van der Waals surface area contributed by atoms with Gasteiger partial charge in [0.2, 0.25) is 0 Å². The predicted octanol–water partition coefficient (Wildman–Crippen LogP) is 5.19. The van der Waals surface area contributed by atoms with Crippen molar-refractivity contribution in [3.05, 3.63) is 22.7 Å². The van der Waals surface area contributed by atoms with Crippen LogP contribution in [0.15, 0.2) is 22.7 Å². The van der Waals surface area contributed by atoms with Crippen molar-refractivity contribution in [1.29, 1.82) is 0 Å². The lowest BCUT2D eigenvalue weighted by atomic mass is 9.43. The van der Waals surface area contributed by atoms with Crippen LogP contribution in [-0.2, 0) is 0 Å². The molecule has 4 fully saturated rings. The highest BCUT2D eigenvalue weighted by atomic mass is 79.9. The molecular weight excluding hydrogens is 324 g/mol. The number of nitrogens with two attached hydrogens (primary N) is 1. The summed E-state index contributed by atoms with van der Waals surface area (Å²) in [6.07, 6.45) is 8.29. The molecular formula is C18H25BrN2. The van der Waals surface area contributed by atoms with Crippen LogP contribution in [0.1, 0.15) is 52.4 Å². The average molecular weight is 349 g/mol. The fraction of sp³-hybridized carbons (Fsp3) is 0.667. The number of rotatable bonds is 2. The number of hydrogen-bond donors (Lipinski definition) is 2. The van der Waals surface area contributed by atoms with Crippen molar-refractivity contribution in [3.63, 3.8) is 0 Å². The summed E-state index contributed by atoms with van der Waals surface area (Å²) >= 11 is 3.67. The molecule has 0 heterocycles. The molecule has 114 valence electrons. The maximum absolute atomic E-state index is 5.87. The molecule has 3 heteroatoms. The second-order valence-electron chi connectivity index (χ2n) is 8.77. The smallest absolute Gasteiger partial charge is 0.0490 e. The van der Waals surface area contributed by atoms with Gasteiger partial charge in [-0.1, -0.05) is 13.8 Å². The largest absolute Gasteiger partial charge is 0.399 e. The summed E-state index contributed by atoms with van der Waals surface area (Å²) in [6, 6.07) is 6.13. The number of nitrogen functional groups attached to an aromatic ring is 1. The summed E-state index contributed by atoms with van der Waals surface area (Å²) in [5.74, 6) is 0.913. The van der Waals surface area contributed by atoms with Gasteiger partial charge in [-0.25, -0.2) is 0 Å². The Bertz CT molecular complexity index is 579. The van der Waals surface area contributed by atoms with E-state index in [0.29, 0.717) is 16.4 Å². The second kappa shape index (κ2) is 4.18. The monoisotopic (exact) mass is 348 g/mol. The lowest BCUT2D eigenvalue weighted by Crippen LogP contribution is -2.61. The molecule has 2 atom stereocenters. The van der Waals surface area contributed by atoms with Gasteiger partial charge in [0.25, 0.3) is 0 Å². The Morgan fingerprint density at radius 3 is 2.33 bits per heavy atom. The highest BCUT2D eigenvalue weighted by Crippen LogP contribution is 2.66. The zero-order valence-corrected chi connectivity index (χ0v) is 14.6. The quantitative estimate of drug-likeness (QED) is 0.721. The highest BCUT2D eigenvalue weighted by Gasteiger charge is 2.60. The van der Waals surface area contributed by atoms with Crippen LogP contribution in [0.5, 0.6) is 0 Å². The van der Waals surface area contributed by atoms with E-state index in [1.165, 1.54) is 44.2 Å². The summed E-state index contributed by atoms with van der Waals surface area (Å²) in [4.78, 5) is 0. The van der Waals surface area contributed by atoms with Gasteiger partial charge in [0, 0.05) is 21.4 Å². The van der Waals surface area contributed by atoms with Crippen molar-refractivity contribution in [2.75, 3.05) is 11.1 Å². The van der Waals surface area contributed by atoms with Gasteiger partial charge < -0.3 is 11.1 Å². The number of anilines is 2. The number of hydrogen-bond acceptors (Lipinski definition) is 2. The lowest BCUT2D eigenvalue weighted by molar-refractivity contribution is -0.0973. The zero-order valence-electron chi connectivity index (χ0n) is 13.0. The van der Waals surface area contributed by atoms with E-state index < -0.39 is 0 Å². The van der Waals surface area contributed by atoms with Crippen molar-refractivity contribution < 1.29 is 0 Å². The number of halogens is 1. The Labute approximate surface area is 136 Å². The molecule has 1 aromatic rings. The molecule has 5 rings (SSSR count). The molecule has 4 saturated carbocycles. The van der Waals surface area contributed by atoms with Crippen LogP contribution >= 0.6 is 15.9 Å². The van der Waals surface area contributed by atoms with E-state index in [4.69, 9.17) is 5.73 Å². The molecule has 2 nitrogen and oxygen atoms in total. The molecule has 1 aromatic carbocycles. The minimum atomic E-state index is 0.293. The Morgan fingerprint density at radius 1 is 1.10 bits per heavy atom. The zero-order chi connectivity index (χ0) is 14.9. The van der Waals surface area contributed by atoms with Crippen molar-refractivity contribution in [3.8, 4) is 0 Å². The fourth-order valence-electron chi connectivity index (χ4n) is 6.51. The minimum Gasteiger partial charge on any atom is -0.399 e. The topological polar surface area (TPSA) is 38.0 Å². The van der Waals surface area contributed by atoms with E-state index in [1.54, 1.807) is 0 Å². The molecule has 2 unspecified atom stereocenters. The maximum atomic E-state index is 5.87. The van der Waals surface area contributed by atoms with E-state index in [1.807, 2.05) is 12.1 Å². The summed E-state index contributed by atoms with van der Waals surface area (Å²) in [5.41, 5.74) is 9.28. The first-order valence-corrected chi connectivity index (χ1v) is 8.92. The molecule has 4 aliphatic carbocycles. The molecule has 0 amide bonds. The van der Waals surface area contributed by atoms with Crippen molar-refractivity contribution >= 4 is 27.3 Å². The van der Waals surface area contributed by atoms with Crippen molar-refractivity contribution in [2.24, 2.45) is 16.7 Å². The lowest BCUT2D eigenvalue weighted by Gasteiger charge is -2.65. The fourth-order valence-corrected chi connectivity index (χ4v) is 7.00. The third-order valence-corrected chi connectivity index (χ3v) is 6.68. The number of benzene rings is 1. The van der Waals surface area contributed by atoms with E-state index in [2.05, 4.69) is 41.2 Å². The average Bonchev–Trinajstić information content (AvgIpc) is 2.28. The van der Waals surface area contributed by atoms with Crippen LogP contribution in [0.3, 0.4) is 0 Å². The first kappa shape index (κ1) is 13.9. The summed E-state index contributed by atoms with van der Waals surface area (Å²) < 4.78 is 1.09. The van der Waals surface area contributed by atoms with Gasteiger partial charge in [-0.2, -0.15) is 0 Å². The highest BCUT2D eigenvalue weighted by molar-refractivity contribution is 9.10. The normalized spacial score (nSPS) is 44.0. The van der Waals surface area contributed by atoms with Gasteiger partial charge in [-0.3, -0.25) is 0 Å². The Balaban J connectivity index is 1.68. The van der Waals surface area contributed by atoms with Gasteiger partial charge in [0.1, 0.15) is 0 Å². The first-order chi connectivity index (χ1) is 9.79. The summed E-state index contributed by atoms with van der Waals surface area (Å²) in [7, 11) is 0. The van der Waals surface area contributed by atoms with Crippen molar-refractivity contribution in [1.82, 2.24) is 0 Å². The van der Waals surface area contributed by atoms with Crippen LogP contribution < -0.4 is 11.1 Å². The van der Waals surface area contributed by atoms with Gasteiger partial charge in [-0.05, 0) is 89.4 Å². The second-order valence-corrected chi connectivity index (χ2v) is 9.63. The van der Waals surface area contributed by atoms with E-state index >= 15 is 0 Å². The third kappa shape index (κ3) is 2.28. The molecule has 0 radical (unpaired) electrons. The van der Waals surface area contributed by atoms with Crippen LogP contribution in [-0.4, -0.2) is 5.54 Å². The molecule has 4 aliphatic rings. The summed E-state index contributed by atoms with van der Waals surface area (Å²) in [5, 5.41) is 3.93. The van der Waals surface area contributed by atoms with E-state index in [-0.39, 0.29) is 0 Å². The standard InChI is InChI=1S/C18H25BrN2/c1-16-6-12-7-17(2,9-16)11-18(8-12,10-16)21-15-4-3-13(20)5-14(15)19/h3-5,12,21H,6-11,20H2,1-2H3. The van der Waals surface area contributed by atoms with Crippen LogP contribution in [0, 0.1) is 16.7 Å². The summed E-state index contributed by atoms with van der Waals surface area (Å²) in [6.45, 7) is 5.04. The predicted molar refractivity (Wildman–Crippen MR) is 92.3 cm³/mol. The van der Waals surface area contributed by atoms with Gasteiger partial charge >= 0.3 is 0 Å². The third-order valence-electron chi connectivity index (χ3n) is 6.02.